The zero-order valence-corrected chi connectivity index (χ0v) is 11.5. The second-order valence-corrected chi connectivity index (χ2v) is 6.97. The van der Waals surface area contributed by atoms with E-state index in [1.54, 1.807) is 0 Å². The molecule has 0 bridgehead atoms. The van der Waals surface area contributed by atoms with Gasteiger partial charge in [0.05, 0.1) is 31.8 Å². The molecule has 0 heterocycles. The van der Waals surface area contributed by atoms with Crippen molar-refractivity contribution in [3.8, 4) is 0 Å². The van der Waals surface area contributed by atoms with Crippen LogP contribution in [0.2, 0.25) is 0 Å². The minimum absolute atomic E-state index is 0.406. The molecule has 0 rings (SSSR count). The molecule has 1 atom stereocenters. The van der Waals surface area contributed by atoms with Crippen LogP contribution < -0.4 is 0 Å². The van der Waals surface area contributed by atoms with Crippen molar-refractivity contribution >= 4 is 26.0 Å². The Hall–Kier alpha value is 0.430. The van der Waals surface area contributed by atoms with Crippen LogP contribution in [-0.2, 0) is 13.4 Å². The summed E-state index contributed by atoms with van der Waals surface area (Å²) < 4.78 is 22.7. The van der Waals surface area contributed by atoms with E-state index in [1.165, 1.54) is 0 Å². The molecule has 1 unspecified atom stereocenters. The van der Waals surface area contributed by atoms with Gasteiger partial charge < -0.3 is 35.1 Å². The molecule has 10 nitrogen and oxygen atoms in total. The van der Waals surface area contributed by atoms with E-state index >= 15 is 0 Å². The van der Waals surface area contributed by atoms with Crippen LogP contribution in [0, 0.1) is 5.41 Å². The fraction of sp³-hybridized carbons (Fsp3) is 1.00. The van der Waals surface area contributed by atoms with Gasteiger partial charge in [0.1, 0.15) is 0 Å². The molecule has 0 aliphatic carbocycles. The minimum atomic E-state index is -4.93. The summed E-state index contributed by atoms with van der Waals surface area (Å²) in [6, 6.07) is 0. The van der Waals surface area contributed by atoms with Crippen molar-refractivity contribution in [1.29, 1.82) is 0 Å². The standard InChI is InChI=1S/C5H12O4.ClH3O6P2/c6-1-5(2-7,3-8)4-9;1-8(2,3)7-9(4,5)6/h6-9H,1-4H2;(H,2,3)(H2,4,5,6). The van der Waals surface area contributed by atoms with Gasteiger partial charge in [-0.1, -0.05) is 0 Å². The highest BCUT2D eigenvalue weighted by atomic mass is 35.7. The Bertz CT molecular complexity index is 268. The van der Waals surface area contributed by atoms with Crippen molar-refractivity contribution in [2.24, 2.45) is 5.41 Å². The highest BCUT2D eigenvalue weighted by Gasteiger charge is 2.28. The van der Waals surface area contributed by atoms with Crippen LogP contribution in [0.4, 0.5) is 0 Å². The lowest BCUT2D eigenvalue weighted by atomic mass is 9.93. The van der Waals surface area contributed by atoms with Crippen molar-refractivity contribution in [3.63, 3.8) is 0 Å². The summed E-state index contributed by atoms with van der Waals surface area (Å²) in [5.74, 6) is 0. The number of phosphoric acid groups is 1. The third-order valence-electron chi connectivity index (χ3n) is 1.55. The molecule has 7 N–H and O–H groups in total. The van der Waals surface area contributed by atoms with Crippen molar-refractivity contribution in [3.05, 3.63) is 0 Å². The lowest BCUT2D eigenvalue weighted by Gasteiger charge is -2.23. The molecular formula is C5H15ClO10P2. The van der Waals surface area contributed by atoms with Gasteiger partial charge in [0, 0.05) is 11.2 Å². The zero-order valence-electron chi connectivity index (χ0n) is 8.96. The minimum Gasteiger partial charge on any atom is -0.396 e. The first-order chi connectivity index (χ1) is 7.95. The first-order valence-corrected chi connectivity index (χ1v) is 8.19. The first-order valence-electron chi connectivity index (χ1n) is 4.18. The number of rotatable bonds is 6. The van der Waals surface area contributed by atoms with Crippen LogP contribution in [0.3, 0.4) is 0 Å². The van der Waals surface area contributed by atoms with Crippen LogP contribution in [0.25, 0.3) is 0 Å². The summed E-state index contributed by atoms with van der Waals surface area (Å²) in [6.07, 6.45) is 0. The maximum atomic E-state index is 9.84. The predicted octanol–water partition coefficient (Wildman–Crippen LogP) is -1.62. The second kappa shape index (κ2) is 8.57. The Morgan fingerprint density at radius 3 is 1.17 bits per heavy atom. The molecule has 0 amide bonds. The fourth-order valence-electron chi connectivity index (χ4n) is 0.431. The Morgan fingerprint density at radius 1 is 0.889 bits per heavy atom. The third-order valence-corrected chi connectivity index (χ3v) is 3.76. The molecule has 0 aromatic heterocycles. The molecule has 112 valence electrons. The van der Waals surface area contributed by atoms with Crippen LogP contribution in [0.15, 0.2) is 0 Å². The molecule has 18 heavy (non-hydrogen) atoms. The summed E-state index contributed by atoms with van der Waals surface area (Å²) in [5.41, 5.74) is -1.11. The summed E-state index contributed by atoms with van der Waals surface area (Å²) in [6.45, 7) is -6.20. The zero-order chi connectivity index (χ0) is 15.0. The van der Waals surface area contributed by atoms with Gasteiger partial charge in [0.25, 0.3) is 0 Å². The molecule has 0 aromatic rings. The van der Waals surface area contributed by atoms with Gasteiger partial charge in [-0.05, 0) is 0 Å². The molecule has 0 aliphatic rings. The smallest absolute Gasteiger partial charge is 0.396 e. The van der Waals surface area contributed by atoms with Gasteiger partial charge in [0.15, 0.2) is 0 Å². The normalized spacial score (nSPS) is 15.6. The van der Waals surface area contributed by atoms with Crippen molar-refractivity contribution in [2.45, 2.75) is 0 Å². The van der Waals surface area contributed by atoms with E-state index in [1.807, 2.05) is 0 Å². The Morgan fingerprint density at radius 2 is 1.17 bits per heavy atom. The summed E-state index contributed by atoms with van der Waals surface area (Å²) >= 11 is 4.41. The third kappa shape index (κ3) is 11.5. The number of hydrogen-bond donors (Lipinski definition) is 7. The average molecular weight is 333 g/mol. The number of aliphatic hydroxyl groups is 4. The number of hydrogen-bond acceptors (Lipinski definition) is 7. The predicted molar refractivity (Wildman–Crippen MR) is 59.6 cm³/mol. The molecule has 0 aliphatic heterocycles. The van der Waals surface area contributed by atoms with Crippen molar-refractivity contribution in [2.75, 3.05) is 26.4 Å². The topological polar surface area (TPSA) is 185 Å². The van der Waals surface area contributed by atoms with E-state index in [0.29, 0.717) is 0 Å². The maximum absolute atomic E-state index is 9.84. The molecule has 0 saturated heterocycles. The fourth-order valence-corrected chi connectivity index (χ4v) is 2.20. The van der Waals surface area contributed by atoms with Crippen molar-refractivity contribution in [1.82, 2.24) is 0 Å². The quantitative estimate of drug-likeness (QED) is 0.279. The van der Waals surface area contributed by atoms with Crippen molar-refractivity contribution < 1.29 is 48.5 Å². The second-order valence-electron chi connectivity index (χ2n) is 3.16. The van der Waals surface area contributed by atoms with Gasteiger partial charge in [-0.3, -0.25) is 0 Å². The van der Waals surface area contributed by atoms with E-state index < -0.39 is 46.6 Å². The molecule has 0 saturated carbocycles. The van der Waals surface area contributed by atoms with E-state index in [2.05, 4.69) is 15.6 Å². The van der Waals surface area contributed by atoms with Crippen LogP contribution in [0.1, 0.15) is 0 Å². The van der Waals surface area contributed by atoms with Gasteiger partial charge >= 0.3 is 14.8 Å². The molecule has 0 radical (unpaired) electrons. The Kier molecular flexibility index (Phi) is 9.88. The Balaban J connectivity index is 0. The van der Waals surface area contributed by atoms with E-state index in [9.17, 15) is 9.13 Å². The molecule has 0 aromatic carbocycles. The summed E-state index contributed by atoms with van der Waals surface area (Å²) in [4.78, 5) is 23.6. The molecular weight excluding hydrogens is 317 g/mol. The van der Waals surface area contributed by atoms with Gasteiger partial charge in [-0.25, -0.2) is 9.13 Å². The van der Waals surface area contributed by atoms with Gasteiger partial charge in [0.2, 0.25) is 0 Å². The summed E-state index contributed by atoms with van der Waals surface area (Å²) in [7, 11) is -4.93. The van der Waals surface area contributed by atoms with E-state index in [0.717, 1.165) is 0 Å². The van der Waals surface area contributed by atoms with Gasteiger partial charge in [-0.2, -0.15) is 4.31 Å². The highest BCUT2D eigenvalue weighted by molar-refractivity contribution is 7.84. The number of halogens is 1. The van der Waals surface area contributed by atoms with E-state index in [-0.39, 0.29) is 0 Å². The van der Waals surface area contributed by atoms with Crippen LogP contribution in [0.5, 0.6) is 0 Å². The molecule has 0 fully saturated rings. The number of aliphatic hydroxyl groups excluding tert-OH is 4. The largest absolute Gasteiger partial charge is 0.477 e. The Labute approximate surface area is 107 Å². The van der Waals surface area contributed by atoms with Gasteiger partial charge in [-0.15, -0.1) is 0 Å². The average Bonchev–Trinajstić information content (AvgIpc) is 2.17. The molecule has 0 spiro atoms. The first kappa shape index (κ1) is 20.7. The monoisotopic (exact) mass is 332 g/mol. The summed E-state index contributed by atoms with van der Waals surface area (Å²) in [5, 5.41) is 34.0. The lowest BCUT2D eigenvalue weighted by Crippen LogP contribution is -2.37. The maximum Gasteiger partial charge on any atom is 0.477 e. The lowest BCUT2D eigenvalue weighted by molar-refractivity contribution is -0.0328. The van der Waals surface area contributed by atoms with E-state index in [4.69, 9.17) is 35.1 Å². The molecule has 13 heteroatoms. The highest BCUT2D eigenvalue weighted by Crippen LogP contribution is 2.60. The van der Waals surface area contributed by atoms with Crippen LogP contribution in [-0.4, -0.2) is 61.5 Å². The SMILES string of the molecule is O=P(O)(O)OP(=O)(O)Cl.OCC(CO)(CO)CO. The van der Waals surface area contributed by atoms with Crippen LogP contribution >= 0.6 is 26.0 Å².